The fraction of sp³-hybridized carbons (Fsp3) is 0.0294. The van der Waals surface area contributed by atoms with Gasteiger partial charge in [0.1, 0.15) is 22.8 Å². The van der Waals surface area contributed by atoms with Gasteiger partial charge in [-0.05, 0) is 47.0 Å². The summed E-state index contributed by atoms with van der Waals surface area (Å²) < 4.78 is 6.35. The van der Waals surface area contributed by atoms with Gasteiger partial charge in [0.2, 0.25) is 0 Å². The third-order valence-corrected chi connectivity index (χ3v) is 6.94. The van der Waals surface area contributed by atoms with Crippen LogP contribution >= 0.6 is 0 Å². The highest BCUT2D eigenvalue weighted by molar-refractivity contribution is 6.19. The monoisotopic (exact) mass is 502 g/mol. The lowest BCUT2D eigenvalue weighted by Gasteiger charge is -2.23. The number of nitriles is 1. The zero-order valence-corrected chi connectivity index (χ0v) is 20.9. The minimum atomic E-state index is -0.435. The van der Waals surface area contributed by atoms with Crippen molar-refractivity contribution in [2.24, 2.45) is 9.98 Å². The molecule has 7 rings (SSSR count). The molecule has 0 saturated carbocycles. The van der Waals surface area contributed by atoms with Crippen LogP contribution in [0.15, 0.2) is 136 Å². The van der Waals surface area contributed by atoms with Crippen molar-refractivity contribution in [1.29, 1.82) is 5.26 Å². The first-order valence-corrected chi connectivity index (χ1v) is 12.8. The molecule has 6 aromatic rings. The van der Waals surface area contributed by atoms with E-state index in [0.29, 0.717) is 17.2 Å². The molecule has 0 bridgehead atoms. The van der Waals surface area contributed by atoms with Gasteiger partial charge in [0.05, 0.1) is 11.6 Å². The standard InChI is InChI=1S/C34H22N4O/c35-21-22-10-9-15-25(18-22)33-36-32(24-13-5-2-6-14-24)37-34(38-33)26-19-28(23-11-3-1-4-12-23)31-27-16-7-8-17-29(27)39-30(31)20-26/h1-20,32H,(H,36,37,38). The van der Waals surface area contributed by atoms with Crippen molar-refractivity contribution < 1.29 is 4.42 Å². The summed E-state index contributed by atoms with van der Waals surface area (Å²) >= 11 is 0. The third-order valence-electron chi connectivity index (χ3n) is 6.94. The van der Waals surface area contributed by atoms with E-state index in [0.717, 1.165) is 49.8 Å². The van der Waals surface area contributed by atoms with Crippen LogP contribution in [0.25, 0.3) is 33.1 Å². The fourth-order valence-electron chi connectivity index (χ4n) is 5.09. The van der Waals surface area contributed by atoms with Gasteiger partial charge in [-0.2, -0.15) is 5.26 Å². The largest absolute Gasteiger partial charge is 0.456 e. The topological polar surface area (TPSA) is 73.7 Å². The SMILES string of the molecule is N#Cc1cccc(C2=NC(c3ccccc3)N=C(c3cc(-c4ccccc4)c4c(c3)oc3ccccc34)N2)c1. The summed E-state index contributed by atoms with van der Waals surface area (Å²) in [4.78, 5) is 9.98. The highest BCUT2D eigenvalue weighted by Gasteiger charge is 2.23. The summed E-state index contributed by atoms with van der Waals surface area (Å²) in [6.45, 7) is 0. The Kier molecular flexibility index (Phi) is 5.50. The van der Waals surface area contributed by atoms with Crippen molar-refractivity contribution in [3.63, 3.8) is 0 Å². The molecular formula is C34H22N4O. The minimum absolute atomic E-state index is 0.435. The van der Waals surface area contributed by atoms with Crippen LogP contribution in [0.5, 0.6) is 0 Å². The Morgan fingerprint density at radius 1 is 0.641 bits per heavy atom. The molecule has 1 unspecified atom stereocenters. The van der Waals surface area contributed by atoms with Crippen molar-refractivity contribution >= 4 is 33.6 Å². The first-order chi connectivity index (χ1) is 19.3. The minimum Gasteiger partial charge on any atom is -0.456 e. The Bertz CT molecular complexity index is 1950. The fourth-order valence-corrected chi connectivity index (χ4v) is 5.09. The normalized spacial score (nSPS) is 14.9. The quantitative estimate of drug-likeness (QED) is 0.269. The average Bonchev–Trinajstić information content (AvgIpc) is 3.40. The number of nitrogens with zero attached hydrogens (tertiary/aromatic N) is 3. The van der Waals surface area contributed by atoms with E-state index < -0.39 is 6.17 Å². The molecule has 5 aromatic carbocycles. The van der Waals surface area contributed by atoms with Gasteiger partial charge in [-0.3, -0.25) is 0 Å². The average molecular weight is 503 g/mol. The van der Waals surface area contributed by atoms with E-state index in [9.17, 15) is 5.26 Å². The van der Waals surface area contributed by atoms with Gasteiger partial charge in [-0.25, -0.2) is 9.98 Å². The summed E-state index contributed by atoms with van der Waals surface area (Å²) in [5.41, 5.74) is 7.10. The molecule has 0 fully saturated rings. The second-order valence-electron chi connectivity index (χ2n) is 9.42. The van der Waals surface area contributed by atoms with Gasteiger partial charge in [0.15, 0.2) is 6.17 Å². The number of hydrogen-bond acceptors (Lipinski definition) is 5. The number of rotatable bonds is 4. The molecule has 39 heavy (non-hydrogen) atoms. The van der Waals surface area contributed by atoms with Crippen LogP contribution in [0.4, 0.5) is 0 Å². The predicted octanol–water partition coefficient (Wildman–Crippen LogP) is 7.62. The van der Waals surface area contributed by atoms with E-state index >= 15 is 0 Å². The Labute approximate surface area is 225 Å². The maximum atomic E-state index is 9.48. The van der Waals surface area contributed by atoms with Crippen molar-refractivity contribution in [2.75, 3.05) is 0 Å². The molecule has 0 spiro atoms. The van der Waals surface area contributed by atoms with Gasteiger partial charge >= 0.3 is 0 Å². The molecule has 0 aliphatic carbocycles. The summed E-state index contributed by atoms with van der Waals surface area (Å²) in [5, 5.41) is 15.1. The number of aliphatic imine (C=N–C) groups is 2. The summed E-state index contributed by atoms with van der Waals surface area (Å²) in [6.07, 6.45) is -0.435. The molecule has 1 N–H and O–H groups in total. The number of hydrogen-bond donors (Lipinski definition) is 1. The number of fused-ring (bicyclic) bond motifs is 3. The van der Waals surface area contributed by atoms with Crippen molar-refractivity contribution in [3.05, 3.63) is 144 Å². The van der Waals surface area contributed by atoms with Gasteiger partial charge in [0.25, 0.3) is 0 Å². The van der Waals surface area contributed by atoms with E-state index in [1.165, 1.54) is 0 Å². The van der Waals surface area contributed by atoms with Gasteiger partial charge in [-0.1, -0.05) is 91.0 Å². The van der Waals surface area contributed by atoms with Crippen LogP contribution in [0.1, 0.15) is 28.4 Å². The highest BCUT2D eigenvalue weighted by Crippen LogP contribution is 2.38. The highest BCUT2D eigenvalue weighted by atomic mass is 16.3. The molecule has 1 aliphatic rings. The van der Waals surface area contributed by atoms with Crippen molar-refractivity contribution in [2.45, 2.75) is 6.17 Å². The Hall–Kier alpha value is -5.47. The van der Waals surface area contributed by atoms with E-state index in [1.807, 2.05) is 91.0 Å². The first kappa shape index (κ1) is 22.7. The van der Waals surface area contributed by atoms with Crippen LogP contribution in [0.2, 0.25) is 0 Å². The summed E-state index contributed by atoms with van der Waals surface area (Å²) in [5.74, 6) is 1.35. The molecule has 1 atom stereocenters. The number of furan rings is 1. The molecule has 0 radical (unpaired) electrons. The second-order valence-corrected chi connectivity index (χ2v) is 9.42. The molecule has 0 saturated heterocycles. The third kappa shape index (κ3) is 4.14. The molecule has 5 heteroatoms. The van der Waals surface area contributed by atoms with Crippen LogP contribution in [-0.4, -0.2) is 11.7 Å². The maximum absolute atomic E-state index is 9.48. The van der Waals surface area contributed by atoms with E-state index in [2.05, 4.69) is 35.7 Å². The smallest absolute Gasteiger partial charge is 0.169 e. The van der Waals surface area contributed by atoms with E-state index in [-0.39, 0.29) is 0 Å². The summed E-state index contributed by atoms with van der Waals surface area (Å²) in [6, 6.07) is 42.4. The molecule has 184 valence electrons. The van der Waals surface area contributed by atoms with Crippen LogP contribution in [0, 0.1) is 11.3 Å². The molecule has 1 aromatic heterocycles. The molecular weight excluding hydrogens is 480 g/mol. The Balaban J connectivity index is 1.43. The van der Waals surface area contributed by atoms with Gasteiger partial charge in [-0.15, -0.1) is 0 Å². The molecule has 5 nitrogen and oxygen atoms in total. The van der Waals surface area contributed by atoms with Gasteiger partial charge < -0.3 is 9.73 Å². The lowest BCUT2D eigenvalue weighted by atomic mass is 9.96. The number of benzene rings is 5. The lowest BCUT2D eigenvalue weighted by molar-refractivity contribution is 0.669. The molecule has 0 amide bonds. The second kappa shape index (κ2) is 9.44. The van der Waals surface area contributed by atoms with Crippen LogP contribution < -0.4 is 5.32 Å². The van der Waals surface area contributed by atoms with Gasteiger partial charge in [0, 0.05) is 21.9 Å². The van der Waals surface area contributed by atoms with Crippen molar-refractivity contribution in [3.8, 4) is 17.2 Å². The van der Waals surface area contributed by atoms with Crippen molar-refractivity contribution in [1.82, 2.24) is 5.32 Å². The van der Waals surface area contributed by atoms with E-state index in [4.69, 9.17) is 14.4 Å². The number of amidine groups is 2. The number of para-hydroxylation sites is 1. The van der Waals surface area contributed by atoms with E-state index in [1.54, 1.807) is 6.07 Å². The zero-order chi connectivity index (χ0) is 26.2. The Morgan fingerprint density at radius 3 is 2.13 bits per heavy atom. The zero-order valence-electron chi connectivity index (χ0n) is 20.9. The lowest BCUT2D eigenvalue weighted by Crippen LogP contribution is -2.36. The molecule has 1 aliphatic heterocycles. The summed E-state index contributed by atoms with van der Waals surface area (Å²) in [7, 11) is 0. The molecule has 2 heterocycles. The predicted molar refractivity (Wildman–Crippen MR) is 156 cm³/mol. The number of nitrogens with one attached hydrogen (secondary N) is 1. The Morgan fingerprint density at radius 2 is 1.33 bits per heavy atom. The maximum Gasteiger partial charge on any atom is 0.169 e. The van der Waals surface area contributed by atoms with Crippen LogP contribution in [0.3, 0.4) is 0 Å². The van der Waals surface area contributed by atoms with Crippen LogP contribution in [-0.2, 0) is 0 Å². The first-order valence-electron chi connectivity index (χ1n) is 12.8.